The average molecular weight is 406 g/mol. The summed E-state index contributed by atoms with van der Waals surface area (Å²) >= 11 is 3.42. The van der Waals surface area contributed by atoms with Crippen LogP contribution in [0.15, 0.2) is 89.4 Å². The number of carbonyl (C=O) groups excluding carboxylic acids is 1. The maximum absolute atomic E-state index is 12.7. The number of carbonyl (C=O) groups is 1. The molecule has 6 heteroatoms. The molecule has 0 saturated carbocycles. The largest absolute Gasteiger partial charge is 0.348 e. The molecule has 0 aliphatic carbocycles. The van der Waals surface area contributed by atoms with Gasteiger partial charge in [0.25, 0.3) is 5.91 Å². The van der Waals surface area contributed by atoms with Crippen LogP contribution in [0.3, 0.4) is 0 Å². The van der Waals surface area contributed by atoms with Gasteiger partial charge in [-0.25, -0.2) is 4.68 Å². The van der Waals surface area contributed by atoms with Gasteiger partial charge in [-0.2, -0.15) is 5.10 Å². The highest BCUT2D eigenvalue weighted by Crippen LogP contribution is 2.28. The monoisotopic (exact) mass is 405 g/mol. The number of amides is 1. The maximum atomic E-state index is 12.7. The van der Waals surface area contributed by atoms with Gasteiger partial charge in [0.15, 0.2) is 0 Å². The van der Waals surface area contributed by atoms with E-state index < -0.39 is 0 Å². The van der Waals surface area contributed by atoms with Crippen molar-refractivity contribution in [1.29, 1.82) is 0 Å². The van der Waals surface area contributed by atoms with E-state index >= 15 is 0 Å². The molecule has 0 fully saturated rings. The molecule has 0 spiro atoms. The highest BCUT2D eigenvalue weighted by Gasteiger charge is 2.12. The number of hydrogen-bond donors (Lipinski definition) is 1. The molecule has 4 nitrogen and oxygen atoms in total. The molecular formula is C22H19N3OS2. The van der Waals surface area contributed by atoms with E-state index in [1.54, 1.807) is 29.3 Å². The average Bonchev–Trinajstić information content (AvgIpc) is 3.43. The van der Waals surface area contributed by atoms with Crippen LogP contribution in [0.25, 0.3) is 5.69 Å². The van der Waals surface area contributed by atoms with Crippen molar-refractivity contribution in [3.63, 3.8) is 0 Å². The lowest BCUT2D eigenvalue weighted by Gasteiger charge is -2.09. The second-order valence-corrected chi connectivity index (χ2v) is 8.22. The van der Waals surface area contributed by atoms with Crippen LogP contribution in [0.4, 0.5) is 0 Å². The lowest BCUT2D eigenvalue weighted by molar-refractivity contribution is 0.0948. The number of benzene rings is 2. The molecule has 4 aromatic rings. The fourth-order valence-corrected chi connectivity index (χ4v) is 4.60. The zero-order chi connectivity index (χ0) is 19.2. The minimum absolute atomic E-state index is 0.0678. The Kier molecular flexibility index (Phi) is 5.89. The van der Waals surface area contributed by atoms with Crippen LogP contribution in [0.5, 0.6) is 0 Å². The fraction of sp³-hybridized carbons (Fsp3) is 0.0909. The fourth-order valence-electron chi connectivity index (χ4n) is 2.77. The van der Waals surface area contributed by atoms with E-state index in [1.807, 2.05) is 65.5 Å². The SMILES string of the molecule is O=C(NCc1cnn(-c2ccccc2)c1)c1ccccc1SCc1cccs1. The minimum Gasteiger partial charge on any atom is -0.348 e. The summed E-state index contributed by atoms with van der Waals surface area (Å²) in [6, 6.07) is 21.8. The Bertz CT molecular complexity index is 1040. The zero-order valence-electron chi connectivity index (χ0n) is 15.1. The zero-order valence-corrected chi connectivity index (χ0v) is 16.7. The van der Waals surface area contributed by atoms with Crippen molar-refractivity contribution in [2.24, 2.45) is 0 Å². The number of nitrogens with zero attached hydrogens (tertiary/aromatic N) is 2. The summed E-state index contributed by atoms with van der Waals surface area (Å²) in [5.41, 5.74) is 2.66. The first kappa shape index (κ1) is 18.5. The van der Waals surface area contributed by atoms with Gasteiger partial charge in [-0.1, -0.05) is 36.4 Å². The molecule has 28 heavy (non-hydrogen) atoms. The highest BCUT2D eigenvalue weighted by molar-refractivity contribution is 7.98. The Morgan fingerprint density at radius 3 is 2.68 bits per heavy atom. The lowest BCUT2D eigenvalue weighted by atomic mass is 10.2. The Morgan fingerprint density at radius 1 is 1.04 bits per heavy atom. The van der Waals surface area contributed by atoms with Crippen molar-refractivity contribution in [2.75, 3.05) is 0 Å². The normalized spacial score (nSPS) is 10.7. The van der Waals surface area contributed by atoms with Gasteiger partial charge in [-0.15, -0.1) is 23.1 Å². The van der Waals surface area contributed by atoms with E-state index in [0.29, 0.717) is 12.1 Å². The summed E-state index contributed by atoms with van der Waals surface area (Å²) < 4.78 is 1.81. The standard InChI is InChI=1S/C22H19N3OS2/c26-22(20-10-4-5-11-21(20)28-16-19-9-6-12-27-19)23-13-17-14-24-25(15-17)18-7-2-1-3-8-18/h1-12,14-15H,13,16H2,(H,23,26). The van der Waals surface area contributed by atoms with E-state index in [-0.39, 0.29) is 5.91 Å². The number of aromatic nitrogens is 2. The molecule has 140 valence electrons. The Labute approximate surface area is 172 Å². The van der Waals surface area contributed by atoms with Crippen LogP contribution in [-0.2, 0) is 12.3 Å². The minimum atomic E-state index is -0.0678. The molecule has 4 rings (SSSR count). The van der Waals surface area contributed by atoms with E-state index in [0.717, 1.165) is 21.9 Å². The summed E-state index contributed by atoms with van der Waals surface area (Å²) in [5.74, 6) is 0.799. The molecular weight excluding hydrogens is 386 g/mol. The number of para-hydroxylation sites is 1. The summed E-state index contributed by atoms with van der Waals surface area (Å²) in [4.78, 5) is 15.0. The topological polar surface area (TPSA) is 46.9 Å². The van der Waals surface area contributed by atoms with Crippen LogP contribution in [0.2, 0.25) is 0 Å². The second kappa shape index (κ2) is 8.91. The van der Waals surface area contributed by atoms with Crippen LogP contribution >= 0.6 is 23.1 Å². The van der Waals surface area contributed by atoms with Gasteiger partial charge in [0.2, 0.25) is 0 Å². The van der Waals surface area contributed by atoms with Crippen LogP contribution in [0.1, 0.15) is 20.8 Å². The molecule has 0 bridgehead atoms. The van der Waals surface area contributed by atoms with Crippen molar-refractivity contribution in [3.8, 4) is 5.69 Å². The van der Waals surface area contributed by atoms with Crippen LogP contribution in [0, 0.1) is 0 Å². The van der Waals surface area contributed by atoms with Crippen LogP contribution in [-0.4, -0.2) is 15.7 Å². The Hall–Kier alpha value is -2.83. The number of nitrogens with one attached hydrogen (secondary N) is 1. The Balaban J connectivity index is 1.40. The maximum Gasteiger partial charge on any atom is 0.252 e. The number of thioether (sulfide) groups is 1. The summed E-state index contributed by atoms with van der Waals surface area (Å²) in [6.45, 7) is 0.440. The van der Waals surface area contributed by atoms with Crippen LogP contribution < -0.4 is 5.32 Å². The van der Waals surface area contributed by atoms with Gasteiger partial charge in [-0.05, 0) is 35.7 Å². The van der Waals surface area contributed by atoms with E-state index in [9.17, 15) is 4.79 Å². The summed E-state index contributed by atoms with van der Waals surface area (Å²) in [7, 11) is 0. The lowest BCUT2D eigenvalue weighted by Crippen LogP contribution is -2.23. The molecule has 2 heterocycles. The Morgan fingerprint density at radius 2 is 1.86 bits per heavy atom. The quantitative estimate of drug-likeness (QED) is 0.432. The van der Waals surface area contributed by atoms with Crippen molar-refractivity contribution in [3.05, 3.63) is 101 Å². The predicted molar refractivity (Wildman–Crippen MR) is 115 cm³/mol. The van der Waals surface area contributed by atoms with Gasteiger partial charge in [0, 0.05) is 33.8 Å². The molecule has 0 unspecified atom stereocenters. The van der Waals surface area contributed by atoms with Gasteiger partial charge in [0.05, 0.1) is 17.4 Å². The van der Waals surface area contributed by atoms with Gasteiger partial charge < -0.3 is 5.32 Å². The highest BCUT2D eigenvalue weighted by atomic mass is 32.2. The molecule has 0 radical (unpaired) electrons. The molecule has 0 atom stereocenters. The van der Waals surface area contributed by atoms with Gasteiger partial charge in [0.1, 0.15) is 0 Å². The molecule has 1 N–H and O–H groups in total. The van der Waals surface area contributed by atoms with Gasteiger partial charge >= 0.3 is 0 Å². The third kappa shape index (κ3) is 4.52. The molecule has 0 aliphatic rings. The van der Waals surface area contributed by atoms with Crippen molar-refractivity contribution in [1.82, 2.24) is 15.1 Å². The number of hydrogen-bond acceptors (Lipinski definition) is 4. The van der Waals surface area contributed by atoms with E-state index in [1.165, 1.54) is 4.88 Å². The first-order chi connectivity index (χ1) is 13.8. The van der Waals surface area contributed by atoms with Gasteiger partial charge in [-0.3, -0.25) is 4.79 Å². The van der Waals surface area contributed by atoms with Crippen molar-refractivity contribution in [2.45, 2.75) is 17.2 Å². The van der Waals surface area contributed by atoms with Crippen molar-refractivity contribution < 1.29 is 4.79 Å². The predicted octanol–water partition coefficient (Wildman–Crippen LogP) is 5.16. The van der Waals surface area contributed by atoms with E-state index in [4.69, 9.17) is 0 Å². The first-order valence-electron chi connectivity index (χ1n) is 8.91. The van der Waals surface area contributed by atoms with Crippen molar-refractivity contribution >= 4 is 29.0 Å². The second-order valence-electron chi connectivity index (χ2n) is 6.18. The smallest absolute Gasteiger partial charge is 0.252 e. The van der Waals surface area contributed by atoms with E-state index in [2.05, 4.69) is 27.9 Å². The summed E-state index contributed by atoms with van der Waals surface area (Å²) in [5, 5.41) is 9.46. The molecule has 0 aliphatic heterocycles. The number of rotatable bonds is 7. The first-order valence-corrected chi connectivity index (χ1v) is 10.8. The number of thiophene rings is 1. The molecule has 1 amide bonds. The molecule has 0 saturated heterocycles. The summed E-state index contributed by atoms with van der Waals surface area (Å²) in [6.07, 6.45) is 3.72. The third-order valence-corrected chi connectivity index (χ3v) is 6.37. The molecule has 2 aromatic heterocycles. The third-order valence-electron chi connectivity index (χ3n) is 4.19. The molecule has 2 aromatic carbocycles.